The van der Waals surface area contributed by atoms with Crippen molar-refractivity contribution in [3.63, 3.8) is 0 Å². The lowest BCUT2D eigenvalue weighted by molar-refractivity contribution is 1.26. The number of anilines is 1. The molecule has 4 nitrogen and oxygen atoms in total. The van der Waals surface area contributed by atoms with E-state index in [1.165, 1.54) is 11.3 Å². The van der Waals surface area contributed by atoms with Gasteiger partial charge in [-0.25, -0.2) is 15.0 Å². The Balaban J connectivity index is 2.20. The van der Waals surface area contributed by atoms with E-state index in [-0.39, 0.29) is 0 Å². The second-order valence-electron chi connectivity index (χ2n) is 3.56. The third-order valence-electron chi connectivity index (χ3n) is 2.37. The zero-order valence-corrected chi connectivity index (χ0v) is 11.2. The van der Waals surface area contributed by atoms with E-state index >= 15 is 0 Å². The lowest BCUT2D eigenvalue weighted by Gasteiger charge is -2.03. The number of halogens is 2. The van der Waals surface area contributed by atoms with E-state index in [0.29, 0.717) is 21.4 Å². The molecule has 0 bridgehead atoms. The fraction of sp³-hybridized carbons (Fsp3) is 0. The summed E-state index contributed by atoms with van der Waals surface area (Å²) >= 11 is 13.4. The standard InChI is InChI=1S/C11H6Cl2N4S/c12-6-3-5(4-7(13)8(6)14)10-17-9-11(18-10)16-2-1-15-9/h1-4H,14H2. The molecular weight excluding hydrogens is 291 g/mol. The molecule has 0 aliphatic heterocycles. The van der Waals surface area contributed by atoms with Crippen molar-refractivity contribution in [1.82, 2.24) is 15.0 Å². The van der Waals surface area contributed by atoms with Crippen LogP contribution in [0.1, 0.15) is 0 Å². The zero-order valence-electron chi connectivity index (χ0n) is 8.89. The van der Waals surface area contributed by atoms with Crippen LogP contribution in [0.25, 0.3) is 21.0 Å². The van der Waals surface area contributed by atoms with Gasteiger partial charge in [0, 0.05) is 18.0 Å². The van der Waals surface area contributed by atoms with E-state index in [2.05, 4.69) is 15.0 Å². The second kappa shape index (κ2) is 4.35. The van der Waals surface area contributed by atoms with Gasteiger partial charge in [-0.05, 0) is 12.1 Å². The Bertz CT molecular complexity index is 685. The normalized spacial score (nSPS) is 11.0. The molecule has 2 N–H and O–H groups in total. The summed E-state index contributed by atoms with van der Waals surface area (Å²) in [6.45, 7) is 0. The zero-order chi connectivity index (χ0) is 12.7. The first-order valence-corrected chi connectivity index (χ1v) is 6.55. The molecule has 0 saturated carbocycles. The number of nitrogens with two attached hydrogens (primary N) is 1. The minimum Gasteiger partial charge on any atom is -0.396 e. The molecule has 0 fully saturated rings. The summed E-state index contributed by atoms with van der Waals surface area (Å²) in [6, 6.07) is 3.47. The molecule has 0 aliphatic rings. The van der Waals surface area contributed by atoms with Crippen molar-refractivity contribution in [3.8, 4) is 10.6 Å². The van der Waals surface area contributed by atoms with Crippen LogP contribution in [-0.4, -0.2) is 15.0 Å². The van der Waals surface area contributed by atoms with Gasteiger partial charge in [0.1, 0.15) is 5.01 Å². The van der Waals surface area contributed by atoms with Crippen LogP contribution in [0, 0.1) is 0 Å². The van der Waals surface area contributed by atoms with Crippen LogP contribution < -0.4 is 5.73 Å². The van der Waals surface area contributed by atoms with Crippen molar-refractivity contribution in [3.05, 3.63) is 34.6 Å². The summed E-state index contributed by atoms with van der Waals surface area (Å²) in [5.74, 6) is 0. The van der Waals surface area contributed by atoms with Crippen LogP contribution in [0.2, 0.25) is 10.0 Å². The fourth-order valence-electron chi connectivity index (χ4n) is 1.51. The van der Waals surface area contributed by atoms with Gasteiger partial charge in [0.25, 0.3) is 0 Å². The highest BCUT2D eigenvalue weighted by molar-refractivity contribution is 7.21. The van der Waals surface area contributed by atoms with E-state index in [1.54, 1.807) is 24.5 Å². The van der Waals surface area contributed by atoms with E-state index in [1.807, 2.05) is 0 Å². The van der Waals surface area contributed by atoms with E-state index in [4.69, 9.17) is 28.9 Å². The molecule has 0 unspecified atom stereocenters. The molecule has 0 amide bonds. The first kappa shape index (κ1) is 11.6. The molecule has 3 aromatic rings. The van der Waals surface area contributed by atoms with E-state index in [9.17, 15) is 0 Å². The van der Waals surface area contributed by atoms with Gasteiger partial charge in [0.15, 0.2) is 10.5 Å². The maximum atomic E-state index is 6.00. The topological polar surface area (TPSA) is 64.7 Å². The lowest BCUT2D eigenvalue weighted by atomic mass is 10.2. The quantitative estimate of drug-likeness (QED) is 0.696. The van der Waals surface area contributed by atoms with Crippen LogP contribution >= 0.6 is 34.5 Å². The van der Waals surface area contributed by atoms with Crippen molar-refractivity contribution >= 4 is 50.7 Å². The molecule has 0 atom stereocenters. The number of nitrogen functional groups attached to an aromatic ring is 1. The third kappa shape index (κ3) is 1.90. The number of benzene rings is 1. The molecule has 7 heteroatoms. The molecule has 2 aromatic heterocycles. The summed E-state index contributed by atoms with van der Waals surface area (Å²) in [6.07, 6.45) is 3.24. The highest BCUT2D eigenvalue weighted by Crippen LogP contribution is 2.35. The van der Waals surface area contributed by atoms with Crippen molar-refractivity contribution < 1.29 is 0 Å². The molecular formula is C11H6Cl2N4S. The summed E-state index contributed by atoms with van der Waals surface area (Å²) in [4.78, 5) is 13.5. The van der Waals surface area contributed by atoms with Crippen molar-refractivity contribution in [1.29, 1.82) is 0 Å². The van der Waals surface area contributed by atoms with Crippen molar-refractivity contribution in [2.45, 2.75) is 0 Å². The van der Waals surface area contributed by atoms with Crippen molar-refractivity contribution in [2.24, 2.45) is 0 Å². The van der Waals surface area contributed by atoms with Gasteiger partial charge in [-0.3, -0.25) is 0 Å². The number of thiazole rings is 1. The van der Waals surface area contributed by atoms with Crippen LogP contribution in [-0.2, 0) is 0 Å². The monoisotopic (exact) mass is 296 g/mol. The Morgan fingerprint density at radius 1 is 1.06 bits per heavy atom. The Morgan fingerprint density at radius 2 is 1.72 bits per heavy atom. The van der Waals surface area contributed by atoms with Crippen LogP contribution in [0.15, 0.2) is 24.5 Å². The van der Waals surface area contributed by atoms with Gasteiger partial charge in [0.2, 0.25) is 0 Å². The summed E-state index contributed by atoms with van der Waals surface area (Å²) in [7, 11) is 0. The van der Waals surface area contributed by atoms with Gasteiger partial charge >= 0.3 is 0 Å². The lowest BCUT2D eigenvalue weighted by Crippen LogP contribution is -1.88. The number of hydrogen-bond acceptors (Lipinski definition) is 5. The average Bonchev–Trinajstić information content (AvgIpc) is 2.79. The number of hydrogen-bond donors (Lipinski definition) is 1. The van der Waals surface area contributed by atoms with Gasteiger partial charge in [-0.1, -0.05) is 34.5 Å². The highest BCUT2D eigenvalue weighted by atomic mass is 35.5. The predicted octanol–water partition coefficient (Wildman–Crippen LogP) is 3.64. The SMILES string of the molecule is Nc1c(Cl)cc(-c2nc3nccnc3s2)cc1Cl. The smallest absolute Gasteiger partial charge is 0.190 e. The maximum absolute atomic E-state index is 6.00. The molecule has 0 spiro atoms. The molecule has 1 aromatic carbocycles. The van der Waals surface area contributed by atoms with Gasteiger partial charge in [0.05, 0.1) is 15.7 Å². The predicted molar refractivity (Wildman–Crippen MR) is 75.1 cm³/mol. The minimum absolute atomic E-state index is 0.374. The second-order valence-corrected chi connectivity index (χ2v) is 5.35. The molecule has 18 heavy (non-hydrogen) atoms. The van der Waals surface area contributed by atoms with Crippen LogP contribution in [0.5, 0.6) is 0 Å². The van der Waals surface area contributed by atoms with Gasteiger partial charge in [-0.15, -0.1) is 0 Å². The first-order valence-electron chi connectivity index (χ1n) is 4.97. The average molecular weight is 297 g/mol. The molecule has 2 heterocycles. The highest BCUT2D eigenvalue weighted by Gasteiger charge is 2.11. The summed E-state index contributed by atoms with van der Waals surface area (Å²) in [5.41, 5.74) is 7.49. The number of nitrogens with zero attached hydrogens (tertiary/aromatic N) is 3. The Labute approximate surface area is 116 Å². The Morgan fingerprint density at radius 3 is 2.39 bits per heavy atom. The molecule has 90 valence electrons. The molecule has 0 saturated heterocycles. The number of rotatable bonds is 1. The van der Waals surface area contributed by atoms with Crippen molar-refractivity contribution in [2.75, 3.05) is 5.73 Å². The first-order chi connectivity index (χ1) is 8.65. The van der Waals surface area contributed by atoms with E-state index < -0.39 is 0 Å². The van der Waals surface area contributed by atoms with Gasteiger partial charge in [-0.2, -0.15) is 0 Å². The Hall–Kier alpha value is -1.43. The molecule has 0 aliphatic carbocycles. The number of aromatic nitrogens is 3. The molecule has 0 radical (unpaired) electrons. The maximum Gasteiger partial charge on any atom is 0.190 e. The number of fused-ring (bicyclic) bond motifs is 1. The van der Waals surface area contributed by atoms with E-state index in [0.717, 1.165) is 15.4 Å². The summed E-state index contributed by atoms with van der Waals surface area (Å²) in [5, 5.41) is 1.59. The Kier molecular flexibility index (Phi) is 2.81. The van der Waals surface area contributed by atoms with Crippen LogP contribution in [0.4, 0.5) is 5.69 Å². The largest absolute Gasteiger partial charge is 0.396 e. The fourth-order valence-corrected chi connectivity index (χ4v) is 2.85. The summed E-state index contributed by atoms with van der Waals surface area (Å²) < 4.78 is 0. The van der Waals surface area contributed by atoms with Crippen LogP contribution in [0.3, 0.4) is 0 Å². The third-order valence-corrected chi connectivity index (χ3v) is 4.00. The van der Waals surface area contributed by atoms with Gasteiger partial charge < -0.3 is 5.73 Å². The molecule has 3 rings (SSSR count). The minimum atomic E-state index is 0.374.